The highest BCUT2D eigenvalue weighted by molar-refractivity contribution is 9.11. The molecular formula is C12H18Br2N2O3. The predicted molar refractivity (Wildman–Crippen MR) is 79.1 cm³/mol. The van der Waals surface area contributed by atoms with Crippen molar-refractivity contribution in [3.05, 3.63) is 14.8 Å². The maximum atomic E-state index is 11.8. The molecule has 0 radical (unpaired) electrons. The van der Waals surface area contributed by atoms with Crippen LogP contribution in [0.2, 0.25) is 0 Å². The molecule has 1 aromatic heterocycles. The van der Waals surface area contributed by atoms with Crippen LogP contribution < -0.4 is 0 Å². The van der Waals surface area contributed by atoms with Crippen molar-refractivity contribution in [2.24, 2.45) is 0 Å². The van der Waals surface area contributed by atoms with E-state index in [1.165, 1.54) is 0 Å². The molecule has 0 aliphatic rings. The molecule has 0 bridgehead atoms. The van der Waals surface area contributed by atoms with Gasteiger partial charge in [-0.3, -0.25) is 4.68 Å². The molecule has 0 aromatic carbocycles. The second kappa shape index (κ2) is 6.85. The standard InChI is InChI=1S/C12H18Br2N2O3/c1-4-19-11(17)8-9(13)15-16(10(8)14)7-5-6-12(2,3)18/h18H,4-7H2,1-3H3. The highest BCUT2D eigenvalue weighted by Gasteiger charge is 2.22. The van der Waals surface area contributed by atoms with Gasteiger partial charge in [-0.25, -0.2) is 4.79 Å². The predicted octanol–water partition coefficient (Wildman–Crippen LogP) is 3.14. The van der Waals surface area contributed by atoms with Gasteiger partial charge in [-0.05, 0) is 65.5 Å². The quantitative estimate of drug-likeness (QED) is 0.749. The number of ether oxygens (including phenoxy) is 1. The molecule has 0 amide bonds. The van der Waals surface area contributed by atoms with Crippen LogP contribution in [0.5, 0.6) is 0 Å². The molecule has 0 atom stereocenters. The normalized spacial score (nSPS) is 11.7. The van der Waals surface area contributed by atoms with Crippen molar-refractivity contribution in [2.45, 2.75) is 45.8 Å². The fraction of sp³-hybridized carbons (Fsp3) is 0.667. The number of hydrogen-bond donors (Lipinski definition) is 1. The lowest BCUT2D eigenvalue weighted by Crippen LogP contribution is -2.19. The molecule has 0 unspecified atom stereocenters. The summed E-state index contributed by atoms with van der Waals surface area (Å²) in [5.41, 5.74) is -0.300. The minimum absolute atomic E-state index is 0.321. The highest BCUT2D eigenvalue weighted by atomic mass is 79.9. The van der Waals surface area contributed by atoms with E-state index < -0.39 is 11.6 Å². The van der Waals surface area contributed by atoms with Crippen molar-refractivity contribution in [3.8, 4) is 0 Å². The number of hydrogen-bond acceptors (Lipinski definition) is 4. The molecule has 0 saturated heterocycles. The fourth-order valence-electron chi connectivity index (χ4n) is 1.60. The van der Waals surface area contributed by atoms with Crippen LogP contribution in [-0.2, 0) is 11.3 Å². The first-order valence-corrected chi connectivity index (χ1v) is 7.66. The molecule has 1 N–H and O–H groups in total. The van der Waals surface area contributed by atoms with E-state index in [1.807, 2.05) is 0 Å². The van der Waals surface area contributed by atoms with E-state index in [0.29, 0.717) is 34.3 Å². The molecule has 0 aliphatic carbocycles. The van der Waals surface area contributed by atoms with Crippen LogP contribution in [0.3, 0.4) is 0 Å². The Labute approximate surface area is 129 Å². The van der Waals surface area contributed by atoms with Gasteiger partial charge in [0, 0.05) is 6.54 Å². The maximum absolute atomic E-state index is 11.8. The summed E-state index contributed by atoms with van der Waals surface area (Å²) in [7, 11) is 0. The summed E-state index contributed by atoms with van der Waals surface area (Å²) >= 11 is 6.62. The van der Waals surface area contributed by atoms with Crippen molar-refractivity contribution >= 4 is 37.8 Å². The maximum Gasteiger partial charge on any atom is 0.343 e. The second-order valence-electron chi connectivity index (χ2n) is 4.82. The third-order valence-electron chi connectivity index (χ3n) is 2.49. The van der Waals surface area contributed by atoms with Crippen LogP contribution in [0.15, 0.2) is 9.21 Å². The summed E-state index contributed by atoms with van der Waals surface area (Å²) in [6.07, 6.45) is 1.42. The highest BCUT2D eigenvalue weighted by Crippen LogP contribution is 2.26. The summed E-state index contributed by atoms with van der Waals surface area (Å²) in [5, 5.41) is 13.9. The summed E-state index contributed by atoms with van der Waals surface area (Å²) in [5.74, 6) is -0.407. The van der Waals surface area contributed by atoms with E-state index in [1.54, 1.807) is 25.5 Å². The zero-order valence-corrected chi connectivity index (χ0v) is 14.4. The first-order valence-electron chi connectivity index (χ1n) is 6.07. The minimum Gasteiger partial charge on any atom is -0.462 e. The van der Waals surface area contributed by atoms with E-state index in [-0.39, 0.29) is 0 Å². The number of nitrogens with zero attached hydrogens (tertiary/aromatic N) is 2. The van der Waals surface area contributed by atoms with E-state index in [4.69, 9.17) is 4.74 Å². The van der Waals surface area contributed by atoms with E-state index in [9.17, 15) is 9.90 Å². The van der Waals surface area contributed by atoms with Gasteiger partial charge in [0.05, 0.1) is 12.2 Å². The average Bonchev–Trinajstić information content (AvgIpc) is 2.53. The number of aliphatic hydroxyl groups is 1. The third-order valence-corrected chi connectivity index (χ3v) is 3.85. The number of carbonyl (C=O) groups excluding carboxylic acids is 1. The van der Waals surface area contributed by atoms with Crippen LogP contribution in [0.1, 0.15) is 44.0 Å². The largest absolute Gasteiger partial charge is 0.462 e. The second-order valence-corrected chi connectivity index (χ2v) is 6.32. The lowest BCUT2D eigenvalue weighted by Gasteiger charge is -2.16. The van der Waals surface area contributed by atoms with E-state index in [0.717, 1.165) is 6.42 Å². The number of rotatable bonds is 6. The summed E-state index contributed by atoms with van der Waals surface area (Å²) in [4.78, 5) is 11.8. The number of aromatic nitrogens is 2. The Morgan fingerprint density at radius 3 is 2.63 bits per heavy atom. The van der Waals surface area contributed by atoms with Gasteiger partial charge in [0.1, 0.15) is 14.8 Å². The van der Waals surface area contributed by atoms with Crippen LogP contribution in [0.4, 0.5) is 0 Å². The molecule has 0 spiro atoms. The number of carbonyl (C=O) groups is 1. The van der Waals surface area contributed by atoms with Gasteiger partial charge >= 0.3 is 5.97 Å². The smallest absolute Gasteiger partial charge is 0.343 e. The van der Waals surface area contributed by atoms with Gasteiger partial charge in [-0.2, -0.15) is 5.10 Å². The molecule has 0 saturated carbocycles. The lowest BCUT2D eigenvalue weighted by atomic mass is 10.0. The number of esters is 1. The molecule has 7 heteroatoms. The van der Waals surface area contributed by atoms with E-state index >= 15 is 0 Å². The first-order chi connectivity index (χ1) is 8.76. The van der Waals surface area contributed by atoms with Crippen molar-refractivity contribution in [3.63, 3.8) is 0 Å². The monoisotopic (exact) mass is 396 g/mol. The van der Waals surface area contributed by atoms with Gasteiger partial charge < -0.3 is 9.84 Å². The Bertz CT molecular complexity index is 453. The topological polar surface area (TPSA) is 64.3 Å². The molecule has 0 aliphatic heterocycles. The van der Waals surface area contributed by atoms with Crippen molar-refractivity contribution in [1.82, 2.24) is 9.78 Å². The molecular weight excluding hydrogens is 380 g/mol. The molecule has 1 aromatic rings. The van der Waals surface area contributed by atoms with Crippen LogP contribution in [0, 0.1) is 0 Å². The van der Waals surface area contributed by atoms with Crippen molar-refractivity contribution in [2.75, 3.05) is 6.61 Å². The summed E-state index contributed by atoms with van der Waals surface area (Å²) < 4.78 is 7.70. The zero-order chi connectivity index (χ0) is 14.6. The van der Waals surface area contributed by atoms with Crippen LogP contribution in [0.25, 0.3) is 0 Å². The molecule has 0 fully saturated rings. The third kappa shape index (κ3) is 4.89. The minimum atomic E-state index is -0.694. The molecule has 5 nitrogen and oxygen atoms in total. The SMILES string of the molecule is CCOC(=O)c1c(Br)nn(CCCC(C)(C)O)c1Br. The summed E-state index contributed by atoms with van der Waals surface area (Å²) in [6, 6.07) is 0. The first kappa shape index (κ1) is 16.7. The molecule has 1 heterocycles. The Hall–Kier alpha value is -0.400. The van der Waals surface area contributed by atoms with Crippen molar-refractivity contribution in [1.29, 1.82) is 0 Å². The van der Waals surface area contributed by atoms with Crippen LogP contribution >= 0.6 is 31.9 Å². The molecule has 19 heavy (non-hydrogen) atoms. The zero-order valence-electron chi connectivity index (χ0n) is 11.2. The van der Waals surface area contributed by atoms with Gasteiger partial charge in [-0.15, -0.1) is 0 Å². The van der Waals surface area contributed by atoms with Gasteiger partial charge in [0.2, 0.25) is 0 Å². The average molecular weight is 398 g/mol. The molecule has 108 valence electrons. The summed E-state index contributed by atoms with van der Waals surface area (Å²) in [6.45, 7) is 6.23. The number of halogens is 2. The Morgan fingerprint density at radius 1 is 1.47 bits per heavy atom. The molecule has 1 rings (SSSR count). The van der Waals surface area contributed by atoms with Crippen molar-refractivity contribution < 1.29 is 14.6 Å². The van der Waals surface area contributed by atoms with Crippen LogP contribution in [-0.4, -0.2) is 33.1 Å². The van der Waals surface area contributed by atoms with E-state index in [2.05, 4.69) is 37.0 Å². The van der Waals surface area contributed by atoms with Gasteiger partial charge in [-0.1, -0.05) is 0 Å². The Kier molecular flexibility index (Phi) is 6.01. The van der Waals surface area contributed by atoms with Gasteiger partial charge in [0.15, 0.2) is 0 Å². The van der Waals surface area contributed by atoms with Gasteiger partial charge in [0.25, 0.3) is 0 Å². The lowest BCUT2D eigenvalue weighted by molar-refractivity contribution is 0.0523. The number of aryl methyl sites for hydroxylation is 1. The Morgan fingerprint density at radius 2 is 2.11 bits per heavy atom. The fourth-order valence-corrected chi connectivity index (χ4v) is 3.01. The Balaban J connectivity index is 2.76.